The van der Waals surface area contributed by atoms with E-state index in [2.05, 4.69) is 30.1 Å². The molecule has 1 aliphatic heterocycles. The molecule has 1 unspecified atom stereocenters. The van der Waals surface area contributed by atoms with Gasteiger partial charge in [0.1, 0.15) is 17.1 Å². The lowest BCUT2D eigenvalue weighted by Gasteiger charge is -2.36. The molecule has 1 aliphatic rings. The molecule has 4 aromatic rings. The summed E-state index contributed by atoms with van der Waals surface area (Å²) in [6, 6.07) is 11.7. The number of aliphatic hydroxyl groups is 2. The standard InChI is InChI=1S/C25H28ClN7O3/c1-36-22-12-17(32-10-8-31(9-11-32)15-18(35)16-34)5-6-20(22)29-25-28-13-19(26)24(30-25)21-14-27-23-4-2-3-7-33(21)23/h2-7,12-14,18,34-35H,8-11,15-16H2,1H3,(H,28,29,30). The number of pyridine rings is 1. The van der Waals surface area contributed by atoms with Crippen molar-refractivity contribution in [2.24, 2.45) is 0 Å². The molecule has 3 aromatic heterocycles. The first-order valence-electron chi connectivity index (χ1n) is 11.7. The minimum atomic E-state index is -0.703. The van der Waals surface area contributed by atoms with E-state index < -0.39 is 6.10 Å². The Morgan fingerprint density at radius 2 is 1.94 bits per heavy atom. The molecule has 188 valence electrons. The number of aliphatic hydroxyl groups excluding tert-OH is 2. The number of nitrogens with zero attached hydrogens (tertiary/aromatic N) is 6. The lowest BCUT2D eigenvalue weighted by molar-refractivity contribution is 0.0575. The molecule has 0 saturated carbocycles. The number of anilines is 3. The molecule has 3 N–H and O–H groups in total. The molecule has 36 heavy (non-hydrogen) atoms. The number of nitrogens with one attached hydrogen (secondary N) is 1. The molecule has 11 heteroatoms. The molecule has 1 fully saturated rings. The maximum Gasteiger partial charge on any atom is 0.227 e. The number of β-amino-alcohol motifs (C(OH)–C–C–N with tert-alkyl or cyclic N) is 1. The minimum absolute atomic E-state index is 0.218. The molecule has 0 aliphatic carbocycles. The largest absolute Gasteiger partial charge is 0.494 e. The number of methoxy groups -OCH3 is 1. The summed E-state index contributed by atoms with van der Waals surface area (Å²) in [5.41, 5.74) is 3.93. The molecule has 0 bridgehead atoms. The number of benzene rings is 1. The zero-order valence-corrected chi connectivity index (χ0v) is 20.6. The van der Waals surface area contributed by atoms with Crippen molar-refractivity contribution in [3.8, 4) is 17.1 Å². The van der Waals surface area contributed by atoms with Gasteiger partial charge in [-0.15, -0.1) is 0 Å². The predicted octanol–water partition coefficient (Wildman–Crippen LogP) is 2.67. The molecule has 1 atom stereocenters. The van der Waals surface area contributed by atoms with Gasteiger partial charge in [0.25, 0.3) is 0 Å². The fourth-order valence-electron chi connectivity index (χ4n) is 4.36. The Morgan fingerprint density at radius 1 is 1.11 bits per heavy atom. The molecular formula is C25H28ClN7O3. The van der Waals surface area contributed by atoms with Crippen LogP contribution in [0.4, 0.5) is 17.3 Å². The van der Waals surface area contributed by atoms with Crippen LogP contribution >= 0.6 is 11.6 Å². The highest BCUT2D eigenvalue weighted by molar-refractivity contribution is 6.32. The normalized spacial score (nSPS) is 15.3. The monoisotopic (exact) mass is 509 g/mol. The molecule has 10 nitrogen and oxygen atoms in total. The zero-order valence-electron chi connectivity index (χ0n) is 19.9. The molecular weight excluding hydrogens is 482 g/mol. The summed E-state index contributed by atoms with van der Waals surface area (Å²) < 4.78 is 7.59. The van der Waals surface area contributed by atoms with Gasteiger partial charge < -0.3 is 25.2 Å². The van der Waals surface area contributed by atoms with Crippen LogP contribution in [0.15, 0.2) is 55.0 Å². The van der Waals surface area contributed by atoms with Crippen molar-refractivity contribution in [3.63, 3.8) is 0 Å². The predicted molar refractivity (Wildman–Crippen MR) is 139 cm³/mol. The van der Waals surface area contributed by atoms with Crippen molar-refractivity contribution in [3.05, 3.63) is 60.0 Å². The fourth-order valence-corrected chi connectivity index (χ4v) is 4.55. The van der Waals surface area contributed by atoms with E-state index in [0.29, 0.717) is 29.0 Å². The average molecular weight is 510 g/mol. The summed E-state index contributed by atoms with van der Waals surface area (Å²) in [5, 5.41) is 22.5. The summed E-state index contributed by atoms with van der Waals surface area (Å²) in [6.45, 7) is 3.51. The molecule has 5 rings (SSSR count). The van der Waals surface area contributed by atoms with E-state index in [1.54, 1.807) is 19.5 Å². The highest BCUT2D eigenvalue weighted by Crippen LogP contribution is 2.33. The maximum absolute atomic E-state index is 9.70. The number of hydrogen-bond acceptors (Lipinski definition) is 9. The SMILES string of the molecule is COc1cc(N2CCN(CC(O)CO)CC2)ccc1Nc1ncc(Cl)c(-c2cnc3ccccn23)n1. The van der Waals surface area contributed by atoms with Crippen molar-refractivity contribution in [1.82, 2.24) is 24.3 Å². The topological polar surface area (TPSA) is 111 Å². The van der Waals surface area contributed by atoms with Crippen LogP contribution < -0.4 is 15.0 Å². The second kappa shape index (κ2) is 10.7. The van der Waals surface area contributed by atoms with E-state index in [-0.39, 0.29) is 6.61 Å². The average Bonchev–Trinajstić information content (AvgIpc) is 3.34. The van der Waals surface area contributed by atoms with Crippen LogP contribution in [0.3, 0.4) is 0 Å². The third-order valence-corrected chi connectivity index (χ3v) is 6.53. The number of halogens is 1. The van der Waals surface area contributed by atoms with Crippen LogP contribution in [-0.4, -0.2) is 87.0 Å². The molecule has 0 amide bonds. The summed E-state index contributed by atoms with van der Waals surface area (Å²) in [7, 11) is 1.63. The van der Waals surface area contributed by atoms with Crippen molar-refractivity contribution >= 4 is 34.6 Å². The first-order chi connectivity index (χ1) is 17.6. The lowest BCUT2D eigenvalue weighted by atomic mass is 10.2. The van der Waals surface area contributed by atoms with Crippen LogP contribution in [0.2, 0.25) is 5.02 Å². The zero-order chi connectivity index (χ0) is 25.1. The second-order valence-corrected chi connectivity index (χ2v) is 9.00. The Hall–Kier alpha value is -3.44. The van der Waals surface area contributed by atoms with Gasteiger partial charge in [-0.1, -0.05) is 17.7 Å². The van der Waals surface area contributed by atoms with Crippen LogP contribution in [-0.2, 0) is 0 Å². The maximum atomic E-state index is 9.70. The number of piperazine rings is 1. The van der Waals surface area contributed by atoms with E-state index in [4.69, 9.17) is 21.4 Å². The second-order valence-electron chi connectivity index (χ2n) is 8.60. The quantitative estimate of drug-likeness (QED) is 0.330. The van der Waals surface area contributed by atoms with Gasteiger partial charge in [-0.05, 0) is 24.3 Å². The number of rotatable bonds is 8. The lowest BCUT2D eigenvalue weighted by Crippen LogP contribution is -2.49. The molecule has 4 heterocycles. The van der Waals surface area contributed by atoms with Crippen molar-refractivity contribution in [2.75, 3.05) is 56.7 Å². The summed E-state index contributed by atoms with van der Waals surface area (Å²) in [4.78, 5) is 17.9. The van der Waals surface area contributed by atoms with E-state index in [0.717, 1.165) is 48.9 Å². The van der Waals surface area contributed by atoms with Crippen LogP contribution in [0.1, 0.15) is 0 Å². The summed E-state index contributed by atoms with van der Waals surface area (Å²) >= 11 is 6.45. The Morgan fingerprint density at radius 3 is 2.72 bits per heavy atom. The third-order valence-electron chi connectivity index (χ3n) is 6.25. The van der Waals surface area contributed by atoms with Crippen LogP contribution in [0.25, 0.3) is 17.0 Å². The number of fused-ring (bicyclic) bond motifs is 1. The Labute approximate surface area is 213 Å². The van der Waals surface area contributed by atoms with Gasteiger partial charge in [0.15, 0.2) is 0 Å². The van der Waals surface area contributed by atoms with Crippen molar-refractivity contribution in [2.45, 2.75) is 6.10 Å². The van der Waals surface area contributed by atoms with Crippen LogP contribution in [0, 0.1) is 0 Å². The van der Waals surface area contributed by atoms with Gasteiger partial charge in [-0.2, -0.15) is 0 Å². The van der Waals surface area contributed by atoms with Gasteiger partial charge >= 0.3 is 0 Å². The Balaban J connectivity index is 1.33. The van der Waals surface area contributed by atoms with Gasteiger partial charge in [-0.3, -0.25) is 9.30 Å². The first-order valence-corrected chi connectivity index (χ1v) is 12.1. The summed E-state index contributed by atoms with van der Waals surface area (Å²) in [6.07, 6.45) is 4.53. The number of ether oxygens (including phenoxy) is 1. The minimum Gasteiger partial charge on any atom is -0.494 e. The first kappa shape index (κ1) is 24.3. The fraction of sp³-hybridized carbons (Fsp3) is 0.320. The van der Waals surface area contributed by atoms with E-state index in [9.17, 15) is 5.11 Å². The van der Waals surface area contributed by atoms with E-state index in [1.807, 2.05) is 47.0 Å². The van der Waals surface area contributed by atoms with Crippen molar-refractivity contribution in [1.29, 1.82) is 0 Å². The Kier molecular flexibility index (Phi) is 7.19. The number of aromatic nitrogens is 4. The van der Waals surface area contributed by atoms with Crippen LogP contribution in [0.5, 0.6) is 5.75 Å². The third kappa shape index (κ3) is 5.07. The highest BCUT2D eigenvalue weighted by atomic mass is 35.5. The number of imidazole rings is 1. The Bertz CT molecular complexity index is 1340. The molecule has 0 spiro atoms. The molecule has 0 radical (unpaired) electrons. The summed E-state index contributed by atoms with van der Waals surface area (Å²) in [5.74, 6) is 1.06. The molecule has 1 saturated heterocycles. The highest BCUT2D eigenvalue weighted by Gasteiger charge is 2.20. The van der Waals surface area contributed by atoms with E-state index >= 15 is 0 Å². The van der Waals surface area contributed by atoms with E-state index in [1.165, 1.54) is 0 Å². The van der Waals surface area contributed by atoms with Gasteiger partial charge in [0, 0.05) is 50.7 Å². The van der Waals surface area contributed by atoms with Gasteiger partial charge in [0.2, 0.25) is 5.95 Å². The number of hydrogen-bond donors (Lipinski definition) is 3. The van der Waals surface area contributed by atoms with Gasteiger partial charge in [0.05, 0.1) is 48.6 Å². The molecule has 1 aromatic carbocycles. The smallest absolute Gasteiger partial charge is 0.227 e. The van der Waals surface area contributed by atoms with Crippen molar-refractivity contribution < 1.29 is 14.9 Å². The van der Waals surface area contributed by atoms with Gasteiger partial charge in [-0.25, -0.2) is 15.0 Å².